The molecular weight excluding hydrogens is 825 g/mol. The summed E-state index contributed by atoms with van der Waals surface area (Å²) < 4.78 is 81.4. The van der Waals surface area contributed by atoms with Crippen LogP contribution in [0.1, 0.15) is 113 Å². The third kappa shape index (κ3) is 5.42. The van der Waals surface area contributed by atoms with Gasteiger partial charge in [0.25, 0.3) is 0 Å². The number of fused-ring (bicyclic) bond motifs is 10. The van der Waals surface area contributed by atoms with Gasteiger partial charge in [0.15, 0.2) is 45.7 Å². The molecule has 14 heteroatoms. The highest BCUT2D eigenvalue weighted by atomic mass is 19.2. The lowest BCUT2D eigenvalue weighted by Crippen LogP contribution is -2.71. The molecule has 0 saturated heterocycles. The Labute approximate surface area is 365 Å². The zero-order valence-corrected chi connectivity index (χ0v) is 37.3. The lowest BCUT2D eigenvalue weighted by Gasteiger charge is -2.63. The third-order valence-electron chi connectivity index (χ3n) is 18.6. The molecule has 8 aliphatic rings. The summed E-state index contributed by atoms with van der Waals surface area (Å²) in [5.41, 5.74) is -16.1. The molecule has 0 aromatic heterocycles. The monoisotopic (exact) mass is 884 g/mol. The largest absolute Gasteiger partial charge is 0.450 e. The van der Waals surface area contributed by atoms with Crippen LogP contribution >= 0.6 is 0 Å². The Hall–Kier alpha value is -3.78. The van der Waals surface area contributed by atoms with E-state index in [1.54, 1.807) is 27.7 Å². The first kappa shape index (κ1) is 45.8. The zero-order valence-electron chi connectivity index (χ0n) is 37.3. The molecule has 18 atom stereocenters. The van der Waals surface area contributed by atoms with E-state index in [0.717, 1.165) is 24.3 Å². The first-order valence-corrected chi connectivity index (χ1v) is 22.7. The highest BCUT2D eigenvalue weighted by molar-refractivity contribution is 6.09. The minimum Gasteiger partial charge on any atom is -0.450 e. The molecule has 0 aliphatic heterocycles. The van der Waals surface area contributed by atoms with E-state index in [1.165, 1.54) is 39.8 Å². The SMILES string of the molecule is CCC(=O)O[C@]1(C(=O)CC(=O)[C@]2(OC(=O)CC)[C@@H](C)C[C@@H]3C4C[C@@H](F)C5=CC(=O)C=C[C@@]5(C)[C@]4(F)[C@H](O)C[C@]32C)[C@H](C)C[C@H]2C3C[C@H](F)C4=CC(=O)C=C[C@]4(C)[C@@]3(F)[C@@H](O)C[C@@]21C. The van der Waals surface area contributed by atoms with Crippen molar-refractivity contribution < 1.29 is 66.0 Å². The summed E-state index contributed by atoms with van der Waals surface area (Å²) in [4.78, 5) is 82.9. The lowest BCUT2D eigenvalue weighted by atomic mass is 9.44. The summed E-state index contributed by atoms with van der Waals surface area (Å²) in [6.45, 7) is 12.4. The van der Waals surface area contributed by atoms with Crippen LogP contribution in [-0.4, -0.2) is 92.4 Å². The van der Waals surface area contributed by atoms with Gasteiger partial charge in [0, 0.05) is 58.2 Å². The number of hydrogen-bond acceptors (Lipinski definition) is 10. The van der Waals surface area contributed by atoms with E-state index in [1.807, 2.05) is 0 Å². The van der Waals surface area contributed by atoms with E-state index >= 15 is 27.2 Å². The fourth-order valence-electron chi connectivity index (χ4n) is 15.7. The summed E-state index contributed by atoms with van der Waals surface area (Å²) in [6, 6.07) is 0. The Bertz CT molecular complexity index is 2050. The van der Waals surface area contributed by atoms with E-state index in [9.17, 15) is 29.4 Å². The Balaban J connectivity index is 1.20. The van der Waals surface area contributed by atoms with Gasteiger partial charge in [-0.05, 0) is 99.7 Å². The maximum absolute atomic E-state index is 18.1. The van der Waals surface area contributed by atoms with Crippen LogP contribution in [0.5, 0.6) is 0 Å². The smallest absolute Gasteiger partial charge is 0.306 e. The van der Waals surface area contributed by atoms with Gasteiger partial charge in [-0.15, -0.1) is 0 Å². The second-order valence-electron chi connectivity index (χ2n) is 21.1. The van der Waals surface area contributed by atoms with Crippen molar-refractivity contribution in [3.05, 3.63) is 47.6 Å². The third-order valence-corrected chi connectivity index (χ3v) is 18.6. The molecule has 63 heavy (non-hydrogen) atoms. The number of ketones is 4. The number of rotatable bonds is 8. The van der Waals surface area contributed by atoms with E-state index < -0.39 is 171 Å². The quantitative estimate of drug-likeness (QED) is 0.147. The van der Waals surface area contributed by atoms with Crippen molar-refractivity contribution in [2.45, 2.75) is 160 Å². The fourth-order valence-corrected chi connectivity index (χ4v) is 15.7. The van der Waals surface area contributed by atoms with Gasteiger partial charge in [0.05, 0.1) is 18.6 Å². The number of allylic oxidation sites excluding steroid dienone is 8. The standard InChI is InChI=1S/C49H60F4O10/c1-9-40(60)62-48(24(3)15-28-30-19-34(50)32-17-26(54)11-13-42(32,5)46(30,52)38(58)22-44(28,48)7)36(56)21-37(57)49(63-41(61)10-2)25(4)16-29-31-20-35(51)33-18-27(55)12-14-43(33,6)47(31,53)39(59)23-45(29,49)8/h11-14,17-18,24-25,28-31,34-35,38-39,58-59H,9-10,15-16,19-23H2,1-8H3/t24-,25+,28+,29-,30?,31?,34+,35-,38+,39-,42+,43-,44+,45-,46+,47-,48+,49-. The maximum atomic E-state index is 18.1. The van der Waals surface area contributed by atoms with Crippen molar-refractivity contribution in [2.75, 3.05) is 0 Å². The minimum atomic E-state index is -2.50. The molecule has 0 heterocycles. The molecular formula is C49H60F4O10. The Morgan fingerprint density at radius 2 is 0.984 bits per heavy atom. The Morgan fingerprint density at radius 1 is 0.635 bits per heavy atom. The number of carbonyl (C=O) groups is 6. The molecule has 2 unspecified atom stereocenters. The molecule has 8 aliphatic carbocycles. The lowest BCUT2D eigenvalue weighted by molar-refractivity contribution is -0.234. The molecule has 2 N–H and O–H groups in total. The minimum absolute atomic E-state index is 0.0409. The predicted octanol–water partition coefficient (Wildman–Crippen LogP) is 7.03. The normalized spacial score (nSPS) is 50.4. The highest BCUT2D eigenvalue weighted by Gasteiger charge is 2.81. The molecule has 0 spiro atoms. The van der Waals surface area contributed by atoms with Crippen LogP contribution in [0, 0.1) is 57.2 Å². The van der Waals surface area contributed by atoms with Crippen molar-refractivity contribution >= 4 is 35.1 Å². The summed E-state index contributed by atoms with van der Waals surface area (Å²) in [7, 11) is 0. The number of aliphatic hydroxyl groups is 2. The molecule has 344 valence electrons. The summed E-state index contributed by atoms with van der Waals surface area (Å²) >= 11 is 0. The van der Waals surface area contributed by atoms with Gasteiger partial charge in [0.2, 0.25) is 0 Å². The van der Waals surface area contributed by atoms with Crippen molar-refractivity contribution in [3.63, 3.8) is 0 Å². The molecule has 0 radical (unpaired) electrons. The van der Waals surface area contributed by atoms with Crippen LogP contribution in [0.4, 0.5) is 17.6 Å². The number of ether oxygens (including phenoxy) is 2. The second kappa shape index (κ2) is 14.4. The van der Waals surface area contributed by atoms with Gasteiger partial charge in [-0.3, -0.25) is 28.8 Å². The highest BCUT2D eigenvalue weighted by Crippen LogP contribution is 2.74. The van der Waals surface area contributed by atoms with Crippen LogP contribution in [-0.2, 0) is 38.2 Å². The van der Waals surface area contributed by atoms with Crippen LogP contribution in [0.25, 0.3) is 0 Å². The fraction of sp³-hybridized carbons (Fsp3) is 0.714. The first-order valence-electron chi connectivity index (χ1n) is 22.7. The molecule has 6 fully saturated rings. The second-order valence-corrected chi connectivity index (χ2v) is 21.1. The number of halogens is 4. The van der Waals surface area contributed by atoms with Gasteiger partial charge >= 0.3 is 11.9 Å². The van der Waals surface area contributed by atoms with Crippen molar-refractivity contribution in [3.8, 4) is 0 Å². The number of aliphatic hydroxyl groups excluding tert-OH is 2. The van der Waals surface area contributed by atoms with Crippen LogP contribution < -0.4 is 0 Å². The van der Waals surface area contributed by atoms with Crippen molar-refractivity contribution in [2.24, 2.45) is 57.2 Å². The van der Waals surface area contributed by atoms with E-state index in [0.29, 0.717) is 0 Å². The maximum Gasteiger partial charge on any atom is 0.306 e. The van der Waals surface area contributed by atoms with Gasteiger partial charge < -0.3 is 19.7 Å². The predicted molar refractivity (Wildman–Crippen MR) is 219 cm³/mol. The average Bonchev–Trinajstić information content (AvgIpc) is 3.57. The topological polar surface area (TPSA) is 161 Å². The van der Waals surface area contributed by atoms with Crippen molar-refractivity contribution in [1.82, 2.24) is 0 Å². The molecule has 0 bridgehead atoms. The molecule has 0 aromatic carbocycles. The van der Waals surface area contributed by atoms with Gasteiger partial charge in [-0.25, -0.2) is 17.6 Å². The van der Waals surface area contributed by atoms with Crippen LogP contribution in [0.15, 0.2) is 47.6 Å². The van der Waals surface area contributed by atoms with Crippen LogP contribution in [0.3, 0.4) is 0 Å². The average molecular weight is 885 g/mol. The van der Waals surface area contributed by atoms with E-state index in [4.69, 9.17) is 9.47 Å². The Kier molecular flexibility index (Phi) is 10.4. The number of esters is 2. The number of carbonyl (C=O) groups excluding carboxylic acids is 6. The number of hydrogen-bond donors (Lipinski definition) is 2. The summed E-state index contributed by atoms with van der Waals surface area (Å²) in [5.74, 6) is -10.4. The first-order chi connectivity index (χ1) is 29.2. The zero-order chi connectivity index (χ0) is 46.4. The molecule has 0 aromatic rings. The van der Waals surface area contributed by atoms with Gasteiger partial charge in [-0.2, -0.15) is 0 Å². The van der Waals surface area contributed by atoms with Gasteiger partial charge in [-0.1, -0.05) is 53.7 Å². The van der Waals surface area contributed by atoms with Crippen LogP contribution in [0.2, 0.25) is 0 Å². The summed E-state index contributed by atoms with van der Waals surface area (Å²) in [6.07, 6.45) is -3.21. The van der Waals surface area contributed by atoms with E-state index in [2.05, 4.69) is 0 Å². The van der Waals surface area contributed by atoms with Gasteiger partial charge in [0.1, 0.15) is 12.3 Å². The number of alkyl halides is 4. The molecule has 0 amide bonds. The van der Waals surface area contributed by atoms with Crippen molar-refractivity contribution in [1.29, 1.82) is 0 Å². The number of Topliss-reactive ketones (excluding diaryl/α,β-unsaturated/α-hetero) is 2. The Morgan fingerprint density at radius 3 is 1.32 bits per heavy atom. The molecule has 6 saturated carbocycles. The van der Waals surface area contributed by atoms with E-state index in [-0.39, 0.29) is 36.8 Å². The molecule has 10 nitrogen and oxygen atoms in total. The molecule has 8 rings (SSSR count). The summed E-state index contributed by atoms with van der Waals surface area (Å²) in [5, 5.41) is 24.2.